The molecule has 0 aliphatic heterocycles. The van der Waals surface area contributed by atoms with Gasteiger partial charge in [-0.25, -0.2) is 4.79 Å². The van der Waals surface area contributed by atoms with Gasteiger partial charge in [0, 0.05) is 12.5 Å². The fourth-order valence-electron chi connectivity index (χ4n) is 5.14. The summed E-state index contributed by atoms with van der Waals surface area (Å²) in [4.78, 5) is 12.2. The number of benzene rings is 2. The summed E-state index contributed by atoms with van der Waals surface area (Å²) in [6, 6.07) is 16.5. The Kier molecular flexibility index (Phi) is 23.7. The number of ether oxygens (including phenoxy) is 10. The van der Waals surface area contributed by atoms with Gasteiger partial charge in [0.2, 0.25) is 0 Å². The van der Waals surface area contributed by atoms with Gasteiger partial charge in [0.05, 0.1) is 126 Å². The predicted octanol–water partition coefficient (Wildman–Crippen LogP) is 4.53. The highest BCUT2D eigenvalue weighted by Crippen LogP contribution is 2.44. The second-order valence-corrected chi connectivity index (χ2v) is 17.2. The highest BCUT2D eigenvalue weighted by atomic mass is 28.4. The summed E-state index contributed by atoms with van der Waals surface area (Å²) in [5.74, 6) is 0.0388. The lowest BCUT2D eigenvalue weighted by molar-refractivity contribution is -0.0253. The fourth-order valence-corrected chi connectivity index (χ4v) is 5.84. The Morgan fingerprint density at radius 2 is 0.827 bits per heavy atom. The smallest absolute Gasteiger partial charge is 0.407 e. The highest BCUT2D eigenvalue weighted by molar-refractivity contribution is 6.69. The van der Waals surface area contributed by atoms with Crippen LogP contribution in [0.4, 0.5) is 4.79 Å². The Morgan fingerprint density at radius 3 is 1.19 bits per heavy atom. The van der Waals surface area contributed by atoms with Crippen molar-refractivity contribution in [2.75, 3.05) is 139 Å². The number of fused-ring (bicyclic) bond motifs is 3. The maximum atomic E-state index is 12.2. The van der Waals surface area contributed by atoms with Crippen molar-refractivity contribution in [1.29, 1.82) is 0 Å². The average Bonchev–Trinajstić information content (AvgIpc) is 3.46. The monoisotopic (exact) mass is 751 g/mol. The van der Waals surface area contributed by atoms with Crippen LogP contribution in [0.5, 0.6) is 0 Å². The molecule has 0 atom stereocenters. The van der Waals surface area contributed by atoms with Gasteiger partial charge in [-0.2, -0.15) is 0 Å². The van der Waals surface area contributed by atoms with Crippen LogP contribution >= 0.6 is 0 Å². The Hall–Kier alpha value is -2.47. The van der Waals surface area contributed by atoms with E-state index in [1.807, 2.05) is 24.3 Å². The van der Waals surface area contributed by atoms with E-state index in [-0.39, 0.29) is 12.5 Å². The van der Waals surface area contributed by atoms with Gasteiger partial charge in [0.25, 0.3) is 0 Å². The maximum absolute atomic E-state index is 12.2. The van der Waals surface area contributed by atoms with E-state index in [0.717, 1.165) is 0 Å². The molecule has 0 saturated carbocycles. The minimum Gasteiger partial charge on any atom is -0.449 e. The van der Waals surface area contributed by atoms with Crippen LogP contribution in [0.2, 0.25) is 19.6 Å². The SMILES string of the molecule is C[Si](C)(C)OCCOCCOCCOCCOCCOCCOCCOCCOCCOCCNC(=O)OCC1c2ccccc2-c2ccccc21. The largest absolute Gasteiger partial charge is 0.449 e. The summed E-state index contributed by atoms with van der Waals surface area (Å²) in [5, 5.41) is 2.74. The molecule has 14 heteroatoms. The van der Waals surface area contributed by atoms with Gasteiger partial charge in [0.15, 0.2) is 8.32 Å². The molecule has 0 bridgehead atoms. The van der Waals surface area contributed by atoms with Crippen LogP contribution in [-0.2, 0) is 51.8 Å². The molecule has 0 radical (unpaired) electrons. The van der Waals surface area contributed by atoms with E-state index in [9.17, 15) is 4.79 Å². The predicted molar refractivity (Wildman–Crippen MR) is 200 cm³/mol. The van der Waals surface area contributed by atoms with Crippen molar-refractivity contribution in [2.45, 2.75) is 25.6 Å². The van der Waals surface area contributed by atoms with Crippen LogP contribution in [0.3, 0.4) is 0 Å². The second-order valence-electron chi connectivity index (χ2n) is 12.7. The molecule has 1 N–H and O–H groups in total. The zero-order chi connectivity index (χ0) is 37.0. The first-order chi connectivity index (χ1) is 25.5. The van der Waals surface area contributed by atoms with Crippen molar-refractivity contribution >= 4 is 14.4 Å². The molecule has 0 fully saturated rings. The number of rotatable bonds is 33. The summed E-state index contributed by atoms with van der Waals surface area (Å²) in [6.07, 6.45) is -0.450. The van der Waals surface area contributed by atoms with Gasteiger partial charge in [-0.1, -0.05) is 48.5 Å². The van der Waals surface area contributed by atoms with Crippen molar-refractivity contribution in [2.24, 2.45) is 0 Å². The van der Waals surface area contributed by atoms with E-state index >= 15 is 0 Å². The summed E-state index contributed by atoms with van der Waals surface area (Å²) >= 11 is 0. The van der Waals surface area contributed by atoms with Crippen molar-refractivity contribution < 1.29 is 56.6 Å². The van der Waals surface area contributed by atoms with Crippen LogP contribution in [0.1, 0.15) is 17.0 Å². The molecule has 2 aromatic carbocycles. The lowest BCUT2D eigenvalue weighted by Crippen LogP contribution is -2.29. The first-order valence-electron chi connectivity index (χ1n) is 18.4. The maximum Gasteiger partial charge on any atom is 0.407 e. The lowest BCUT2D eigenvalue weighted by atomic mass is 9.98. The number of carbonyl (C=O) groups excluding carboxylic acids is 1. The third kappa shape index (κ3) is 20.1. The van der Waals surface area contributed by atoms with E-state index < -0.39 is 14.4 Å². The Bertz CT molecular complexity index is 1160. The number of amides is 1. The van der Waals surface area contributed by atoms with Gasteiger partial charge in [-0.05, 0) is 41.9 Å². The summed E-state index contributed by atoms with van der Waals surface area (Å²) in [6.45, 7) is 16.7. The second kappa shape index (κ2) is 28.0. The van der Waals surface area contributed by atoms with Crippen LogP contribution in [-0.4, -0.2) is 153 Å². The van der Waals surface area contributed by atoms with Gasteiger partial charge in [-0.15, -0.1) is 0 Å². The first kappa shape index (κ1) is 43.9. The molecule has 1 amide bonds. The van der Waals surface area contributed by atoms with Crippen molar-refractivity contribution in [3.05, 3.63) is 59.7 Å². The van der Waals surface area contributed by atoms with Crippen molar-refractivity contribution in [3.8, 4) is 11.1 Å². The zero-order valence-electron chi connectivity index (χ0n) is 31.4. The van der Waals surface area contributed by atoms with Crippen LogP contribution in [0, 0.1) is 0 Å². The molecule has 0 aromatic heterocycles. The van der Waals surface area contributed by atoms with Gasteiger partial charge in [-0.3, -0.25) is 0 Å². The minimum atomic E-state index is -1.46. The number of hydrogen-bond acceptors (Lipinski definition) is 12. The topological polar surface area (TPSA) is 131 Å². The van der Waals surface area contributed by atoms with E-state index in [2.05, 4.69) is 49.2 Å². The van der Waals surface area contributed by atoms with Gasteiger partial charge < -0.3 is 57.1 Å². The molecular formula is C38H61NO12Si. The normalized spacial score (nSPS) is 12.6. The van der Waals surface area contributed by atoms with Gasteiger partial charge >= 0.3 is 6.09 Å². The molecule has 0 heterocycles. The lowest BCUT2D eigenvalue weighted by Gasteiger charge is -2.16. The molecule has 1 aliphatic carbocycles. The molecule has 0 saturated heterocycles. The van der Waals surface area contributed by atoms with E-state index in [4.69, 9.17) is 51.8 Å². The molecule has 294 valence electrons. The molecule has 2 aromatic rings. The molecule has 0 unspecified atom stereocenters. The third-order valence-corrected chi connectivity index (χ3v) is 8.67. The van der Waals surface area contributed by atoms with E-state index in [0.29, 0.717) is 132 Å². The molecule has 1 aliphatic rings. The molecule has 3 rings (SSSR count). The minimum absolute atomic E-state index is 0.0388. The summed E-state index contributed by atoms with van der Waals surface area (Å²) in [7, 11) is -1.46. The molecule has 13 nitrogen and oxygen atoms in total. The van der Waals surface area contributed by atoms with Crippen LogP contribution in [0.25, 0.3) is 11.1 Å². The zero-order valence-corrected chi connectivity index (χ0v) is 32.4. The van der Waals surface area contributed by atoms with Crippen LogP contribution < -0.4 is 5.32 Å². The number of nitrogens with one attached hydrogen (secondary N) is 1. The molecule has 0 spiro atoms. The van der Waals surface area contributed by atoms with Crippen molar-refractivity contribution in [3.63, 3.8) is 0 Å². The summed E-state index contributed by atoms with van der Waals surface area (Å²) in [5.41, 5.74) is 4.78. The third-order valence-electron chi connectivity index (χ3n) is 7.60. The quantitative estimate of drug-likeness (QED) is 0.0813. The Balaban J connectivity index is 0.964. The molecular weight excluding hydrogens is 690 g/mol. The first-order valence-corrected chi connectivity index (χ1v) is 21.8. The van der Waals surface area contributed by atoms with E-state index in [1.165, 1.54) is 22.3 Å². The number of alkyl carbamates (subject to hydrolysis) is 1. The summed E-state index contributed by atoms with van der Waals surface area (Å²) < 4.78 is 60.7. The highest BCUT2D eigenvalue weighted by Gasteiger charge is 2.29. The average molecular weight is 752 g/mol. The molecule has 52 heavy (non-hydrogen) atoms. The Labute approximate surface area is 310 Å². The standard InChI is InChI=1S/C38H61NO12Si/c1-52(2,3)51-31-30-49-29-28-48-27-26-47-25-24-46-23-22-45-21-20-44-19-18-43-17-16-42-15-14-41-13-12-39-38(40)50-32-37-35-10-6-4-8-33(35)34-9-5-7-11-36(34)37/h4-11,37H,12-32H2,1-3H3,(H,39,40). The van der Waals surface area contributed by atoms with Gasteiger partial charge in [0.1, 0.15) is 6.61 Å². The fraction of sp³-hybridized carbons (Fsp3) is 0.658. The number of carbonyl (C=O) groups is 1. The van der Waals surface area contributed by atoms with Crippen molar-refractivity contribution in [1.82, 2.24) is 5.32 Å². The number of hydrogen-bond donors (Lipinski definition) is 1. The van der Waals surface area contributed by atoms with E-state index in [1.54, 1.807) is 0 Å². The Morgan fingerprint density at radius 1 is 0.500 bits per heavy atom. The van der Waals surface area contributed by atoms with Crippen LogP contribution in [0.15, 0.2) is 48.5 Å².